The molecule has 3 aromatic rings. The van der Waals surface area contributed by atoms with Crippen molar-refractivity contribution in [3.63, 3.8) is 0 Å². The predicted octanol–water partition coefficient (Wildman–Crippen LogP) is 4.07. The van der Waals surface area contributed by atoms with E-state index < -0.39 is 30.0 Å². The normalized spacial score (nSPS) is 10.6. The highest BCUT2D eigenvalue weighted by atomic mass is 35.5. The number of nitro groups is 1. The Labute approximate surface area is 206 Å². The van der Waals surface area contributed by atoms with Crippen LogP contribution in [0.3, 0.4) is 0 Å². The van der Waals surface area contributed by atoms with Crippen molar-refractivity contribution in [2.75, 3.05) is 13.2 Å². The third kappa shape index (κ3) is 6.77. The van der Waals surface area contributed by atoms with Crippen LogP contribution in [0.1, 0.15) is 37.7 Å². The molecule has 0 spiro atoms. The molecule has 0 unspecified atom stereocenters. The van der Waals surface area contributed by atoms with Crippen LogP contribution in [0.5, 0.6) is 0 Å². The zero-order chi connectivity index (χ0) is 25.5. The largest absolute Gasteiger partial charge is 0.456 e. The van der Waals surface area contributed by atoms with Crippen molar-refractivity contribution >= 4 is 34.9 Å². The summed E-state index contributed by atoms with van der Waals surface area (Å²) in [6.45, 7) is 3.47. The molecule has 2 aromatic carbocycles. The lowest BCUT2D eigenvalue weighted by Crippen LogP contribution is -2.31. The summed E-state index contributed by atoms with van der Waals surface area (Å²) in [4.78, 5) is 47.0. The molecule has 0 aliphatic carbocycles. The van der Waals surface area contributed by atoms with Crippen molar-refractivity contribution in [3.05, 3.63) is 97.8 Å². The Hall–Kier alpha value is -3.98. The van der Waals surface area contributed by atoms with E-state index in [4.69, 9.17) is 16.3 Å². The van der Waals surface area contributed by atoms with Gasteiger partial charge in [0.2, 0.25) is 5.78 Å². The fraction of sp³-hybridized carbons (Fsp3) is 0.240. The van der Waals surface area contributed by atoms with Gasteiger partial charge in [-0.05, 0) is 50.1 Å². The number of nitrogens with zero attached hydrogens (tertiary/aromatic N) is 2. The molecule has 0 aliphatic heterocycles. The maximum atomic E-state index is 12.7. The minimum Gasteiger partial charge on any atom is -0.456 e. The summed E-state index contributed by atoms with van der Waals surface area (Å²) in [5.74, 6) is -1.82. The average molecular weight is 498 g/mol. The van der Waals surface area contributed by atoms with Gasteiger partial charge in [-0.15, -0.1) is 0 Å². The summed E-state index contributed by atoms with van der Waals surface area (Å²) < 4.78 is 7.05. The molecule has 1 heterocycles. The number of carbonyl (C=O) groups is 3. The third-order valence-electron chi connectivity index (χ3n) is 5.49. The predicted molar refractivity (Wildman–Crippen MR) is 130 cm³/mol. The smallest absolute Gasteiger partial charge is 0.325 e. The fourth-order valence-electron chi connectivity index (χ4n) is 3.61. The van der Waals surface area contributed by atoms with Crippen LogP contribution in [-0.2, 0) is 22.5 Å². The van der Waals surface area contributed by atoms with Gasteiger partial charge in [-0.3, -0.25) is 24.5 Å². The van der Waals surface area contributed by atoms with Crippen LogP contribution in [0.2, 0.25) is 5.02 Å². The van der Waals surface area contributed by atoms with Gasteiger partial charge in [-0.1, -0.05) is 29.8 Å². The molecule has 35 heavy (non-hydrogen) atoms. The molecule has 1 amide bonds. The van der Waals surface area contributed by atoms with Gasteiger partial charge in [0.1, 0.15) is 6.54 Å². The van der Waals surface area contributed by atoms with Crippen LogP contribution >= 0.6 is 11.6 Å². The van der Waals surface area contributed by atoms with E-state index in [-0.39, 0.29) is 17.0 Å². The van der Waals surface area contributed by atoms with E-state index in [0.29, 0.717) is 17.1 Å². The van der Waals surface area contributed by atoms with Gasteiger partial charge in [0.25, 0.3) is 11.6 Å². The SMILES string of the molecule is Cc1cc(C(=O)COC(=O)CNC(=O)c2cccc([N+](=O)[O-])c2)c(C)n1CCc1ccc(Cl)cc1. The molecule has 182 valence electrons. The number of halogens is 1. The van der Waals surface area contributed by atoms with Crippen molar-refractivity contribution in [3.8, 4) is 0 Å². The maximum Gasteiger partial charge on any atom is 0.325 e. The summed E-state index contributed by atoms with van der Waals surface area (Å²) in [7, 11) is 0. The number of amides is 1. The van der Waals surface area contributed by atoms with Gasteiger partial charge in [0, 0.05) is 46.2 Å². The highest BCUT2D eigenvalue weighted by Gasteiger charge is 2.18. The zero-order valence-corrected chi connectivity index (χ0v) is 20.0. The van der Waals surface area contributed by atoms with Crippen LogP contribution < -0.4 is 5.32 Å². The van der Waals surface area contributed by atoms with Gasteiger partial charge in [-0.2, -0.15) is 0 Å². The number of rotatable bonds is 10. The number of aryl methyl sites for hydroxylation is 2. The van der Waals surface area contributed by atoms with E-state index in [9.17, 15) is 24.5 Å². The number of non-ortho nitro benzene ring substituents is 1. The number of Topliss-reactive ketones (excluding diaryl/α,β-unsaturated/α-hetero) is 1. The van der Waals surface area contributed by atoms with Crippen molar-refractivity contribution in [1.82, 2.24) is 9.88 Å². The minimum atomic E-state index is -0.798. The van der Waals surface area contributed by atoms with Gasteiger partial charge < -0.3 is 14.6 Å². The lowest BCUT2D eigenvalue weighted by molar-refractivity contribution is -0.384. The standard InChI is InChI=1S/C25H24ClN3O6/c1-16-12-22(17(2)28(16)11-10-18-6-8-20(26)9-7-18)23(30)15-35-24(31)14-27-25(32)19-4-3-5-21(13-19)29(33)34/h3-9,12-13H,10-11,14-15H2,1-2H3,(H,27,32). The second kappa shape index (κ2) is 11.4. The van der Waals surface area contributed by atoms with E-state index in [1.165, 1.54) is 18.2 Å². The molecule has 0 radical (unpaired) electrons. The molecule has 1 aromatic heterocycles. The monoisotopic (exact) mass is 497 g/mol. The van der Waals surface area contributed by atoms with Gasteiger partial charge in [0.15, 0.2) is 6.61 Å². The molecule has 0 atom stereocenters. The van der Waals surface area contributed by atoms with Crippen LogP contribution in [0.4, 0.5) is 5.69 Å². The number of aromatic nitrogens is 1. The summed E-state index contributed by atoms with van der Waals surface area (Å²) in [6, 6.07) is 14.5. The zero-order valence-electron chi connectivity index (χ0n) is 19.2. The topological polar surface area (TPSA) is 121 Å². The third-order valence-corrected chi connectivity index (χ3v) is 5.74. The summed E-state index contributed by atoms with van der Waals surface area (Å²) in [5, 5.41) is 13.8. The van der Waals surface area contributed by atoms with Crippen LogP contribution in [0, 0.1) is 24.0 Å². The number of nitro benzene ring substituents is 1. The van der Waals surface area contributed by atoms with E-state index >= 15 is 0 Å². The number of benzene rings is 2. The molecule has 0 bridgehead atoms. The molecular formula is C25H24ClN3O6. The second-order valence-electron chi connectivity index (χ2n) is 7.89. The van der Waals surface area contributed by atoms with E-state index in [0.717, 1.165) is 29.4 Å². The van der Waals surface area contributed by atoms with E-state index in [2.05, 4.69) is 5.32 Å². The summed E-state index contributed by atoms with van der Waals surface area (Å²) in [6.07, 6.45) is 0.764. The van der Waals surface area contributed by atoms with Gasteiger partial charge in [-0.25, -0.2) is 0 Å². The van der Waals surface area contributed by atoms with Crippen LogP contribution in [0.25, 0.3) is 0 Å². The molecule has 10 heteroatoms. The molecule has 0 saturated heterocycles. The Bertz CT molecular complexity index is 1270. The van der Waals surface area contributed by atoms with Crippen molar-refractivity contribution < 1.29 is 24.0 Å². The number of hydrogen-bond donors (Lipinski definition) is 1. The van der Waals surface area contributed by atoms with Crippen LogP contribution in [0.15, 0.2) is 54.6 Å². The summed E-state index contributed by atoms with van der Waals surface area (Å²) >= 11 is 5.93. The van der Waals surface area contributed by atoms with E-state index in [1.54, 1.807) is 6.07 Å². The Morgan fingerprint density at radius 2 is 1.80 bits per heavy atom. The quantitative estimate of drug-likeness (QED) is 0.195. The molecule has 0 fully saturated rings. The van der Waals surface area contributed by atoms with Gasteiger partial charge >= 0.3 is 5.97 Å². The number of ether oxygens (including phenoxy) is 1. The van der Waals surface area contributed by atoms with Crippen molar-refractivity contribution in [2.24, 2.45) is 0 Å². The van der Waals surface area contributed by atoms with Crippen molar-refractivity contribution in [2.45, 2.75) is 26.8 Å². The molecular weight excluding hydrogens is 474 g/mol. The Kier molecular flexibility index (Phi) is 8.38. The lowest BCUT2D eigenvalue weighted by atomic mass is 10.1. The highest BCUT2D eigenvalue weighted by Crippen LogP contribution is 2.18. The number of ketones is 1. The molecule has 0 aliphatic rings. The molecule has 1 N–H and O–H groups in total. The Morgan fingerprint density at radius 1 is 1.09 bits per heavy atom. The fourth-order valence-corrected chi connectivity index (χ4v) is 3.74. The number of carbonyl (C=O) groups excluding carboxylic acids is 3. The highest BCUT2D eigenvalue weighted by molar-refractivity contribution is 6.30. The number of esters is 1. The first-order chi connectivity index (χ1) is 16.7. The maximum absolute atomic E-state index is 12.7. The van der Waals surface area contributed by atoms with E-state index in [1.807, 2.05) is 42.7 Å². The van der Waals surface area contributed by atoms with Gasteiger partial charge in [0.05, 0.1) is 4.92 Å². The Morgan fingerprint density at radius 3 is 2.49 bits per heavy atom. The Balaban J connectivity index is 1.51. The minimum absolute atomic E-state index is 0.0362. The molecule has 0 saturated carbocycles. The number of nitrogens with one attached hydrogen (secondary N) is 1. The lowest BCUT2D eigenvalue weighted by Gasteiger charge is -2.10. The summed E-state index contributed by atoms with van der Waals surface area (Å²) in [5.41, 5.74) is 3.07. The molecule has 3 rings (SSSR count). The molecule has 9 nitrogen and oxygen atoms in total. The number of hydrogen-bond acceptors (Lipinski definition) is 6. The first-order valence-corrected chi connectivity index (χ1v) is 11.2. The average Bonchev–Trinajstić information content (AvgIpc) is 3.13. The second-order valence-corrected chi connectivity index (χ2v) is 8.32. The van der Waals surface area contributed by atoms with Crippen LogP contribution in [-0.4, -0.2) is 40.3 Å². The van der Waals surface area contributed by atoms with Crippen molar-refractivity contribution in [1.29, 1.82) is 0 Å². The first-order valence-electron chi connectivity index (χ1n) is 10.8. The first kappa shape index (κ1) is 25.6.